The number of rotatable bonds is 7. The molecule has 0 spiro atoms. The highest BCUT2D eigenvalue weighted by Crippen LogP contribution is 2.36. The van der Waals surface area contributed by atoms with Crippen LogP contribution in [0.2, 0.25) is 0 Å². The number of carbonyl (C=O) groups is 1. The fourth-order valence-electron chi connectivity index (χ4n) is 3.10. The Labute approximate surface area is 176 Å². The molecule has 2 atom stereocenters. The van der Waals surface area contributed by atoms with Crippen molar-refractivity contribution in [3.8, 4) is 11.5 Å². The first-order valence-electron chi connectivity index (χ1n) is 8.99. The number of halogens is 1. The predicted molar refractivity (Wildman–Crippen MR) is 110 cm³/mol. The first-order chi connectivity index (χ1) is 13.9. The highest BCUT2D eigenvalue weighted by atomic mass is 79.9. The molecule has 154 valence electrons. The van der Waals surface area contributed by atoms with E-state index in [2.05, 4.69) is 32.1 Å². The topological polar surface area (TPSA) is 115 Å². The Morgan fingerprint density at radius 3 is 2.83 bits per heavy atom. The van der Waals surface area contributed by atoms with E-state index in [0.29, 0.717) is 34.6 Å². The zero-order chi connectivity index (χ0) is 21.0. The van der Waals surface area contributed by atoms with Crippen molar-refractivity contribution in [1.29, 1.82) is 0 Å². The van der Waals surface area contributed by atoms with E-state index in [1.807, 2.05) is 13.0 Å². The van der Waals surface area contributed by atoms with Crippen LogP contribution in [0.3, 0.4) is 0 Å². The third-order valence-corrected chi connectivity index (χ3v) is 5.06. The van der Waals surface area contributed by atoms with Gasteiger partial charge in [-0.15, -0.1) is 0 Å². The lowest BCUT2D eigenvalue weighted by Crippen LogP contribution is -2.44. The van der Waals surface area contributed by atoms with Crippen LogP contribution in [-0.4, -0.2) is 30.7 Å². The van der Waals surface area contributed by atoms with E-state index in [9.17, 15) is 14.9 Å². The second-order valence-electron chi connectivity index (χ2n) is 6.38. The first kappa shape index (κ1) is 21.0. The summed E-state index contributed by atoms with van der Waals surface area (Å²) >= 11 is 3.41. The van der Waals surface area contributed by atoms with Crippen molar-refractivity contribution in [3.63, 3.8) is 0 Å². The van der Waals surface area contributed by atoms with Crippen molar-refractivity contribution in [3.05, 3.63) is 62.1 Å². The smallest absolute Gasteiger partial charge is 0.269 e. The summed E-state index contributed by atoms with van der Waals surface area (Å²) in [7, 11) is 1.51. The Morgan fingerprint density at radius 2 is 2.14 bits per heavy atom. The number of nitro benzene ring substituents is 1. The second kappa shape index (κ2) is 9.21. The molecule has 0 bridgehead atoms. The fraction of sp³-hybridized carbons (Fsp3) is 0.316. The minimum Gasteiger partial charge on any atom is -0.493 e. The average molecular weight is 465 g/mol. The highest BCUT2D eigenvalue weighted by molar-refractivity contribution is 9.10. The van der Waals surface area contributed by atoms with Crippen molar-refractivity contribution < 1.29 is 19.2 Å². The number of nitrogens with one attached hydrogen (secondary N) is 3. The van der Waals surface area contributed by atoms with E-state index < -0.39 is 4.92 Å². The van der Waals surface area contributed by atoms with Gasteiger partial charge in [0.05, 0.1) is 29.3 Å². The molecule has 1 heterocycles. The van der Waals surface area contributed by atoms with Crippen molar-refractivity contribution in [1.82, 2.24) is 16.2 Å². The van der Waals surface area contributed by atoms with Gasteiger partial charge in [0.1, 0.15) is 0 Å². The molecule has 2 aromatic rings. The average Bonchev–Trinajstić information content (AvgIpc) is 3.18. The fourth-order valence-corrected chi connectivity index (χ4v) is 3.66. The van der Waals surface area contributed by atoms with Crippen LogP contribution >= 0.6 is 15.9 Å². The van der Waals surface area contributed by atoms with E-state index >= 15 is 0 Å². The zero-order valence-corrected chi connectivity index (χ0v) is 17.5. The van der Waals surface area contributed by atoms with Gasteiger partial charge in [0.25, 0.3) is 11.6 Å². The molecule has 3 rings (SSSR count). The summed E-state index contributed by atoms with van der Waals surface area (Å²) in [5.74, 6) is 0.710. The maximum Gasteiger partial charge on any atom is 0.269 e. The van der Waals surface area contributed by atoms with Crippen LogP contribution in [0, 0.1) is 10.1 Å². The van der Waals surface area contributed by atoms with Crippen molar-refractivity contribution in [2.45, 2.75) is 25.6 Å². The molecular formula is C19H21BrN4O5. The molecular weight excluding hydrogens is 444 g/mol. The molecule has 0 saturated carbocycles. The number of nitrogens with zero attached hydrogens (tertiary/aromatic N) is 1. The number of carbonyl (C=O) groups excluding carboxylic acids is 1. The Morgan fingerprint density at radius 1 is 1.34 bits per heavy atom. The number of non-ortho nitro benzene ring substituents is 1. The zero-order valence-electron chi connectivity index (χ0n) is 15.9. The molecule has 1 aliphatic heterocycles. The van der Waals surface area contributed by atoms with Gasteiger partial charge in [0.2, 0.25) is 0 Å². The van der Waals surface area contributed by atoms with Crippen LogP contribution in [0.1, 0.15) is 35.3 Å². The minimum atomic E-state index is -0.428. The standard InChI is InChI=1S/C19H21BrN4O5/c1-3-29-18-14(20)8-12(9-16(18)28-2)19(25)21-17-10-15(22-23-17)11-5-4-6-13(7-11)24(26)27/h4-9,15,17,22-23H,3,10H2,1-2H3,(H,21,25). The summed E-state index contributed by atoms with van der Waals surface area (Å²) in [4.78, 5) is 23.2. The molecule has 9 nitrogen and oxygen atoms in total. The lowest BCUT2D eigenvalue weighted by molar-refractivity contribution is -0.384. The quantitative estimate of drug-likeness (QED) is 0.425. The summed E-state index contributed by atoms with van der Waals surface area (Å²) < 4.78 is 11.5. The Bertz CT molecular complexity index is 923. The molecule has 3 N–H and O–H groups in total. The Balaban J connectivity index is 1.68. The number of amides is 1. The SMILES string of the molecule is CCOc1c(Br)cc(C(=O)NC2CC(c3cccc([N+](=O)[O-])c3)NN2)cc1OC. The number of hydrogen-bond donors (Lipinski definition) is 3. The third kappa shape index (κ3) is 4.84. The van der Waals surface area contributed by atoms with E-state index in [-0.39, 0.29) is 23.8 Å². The van der Waals surface area contributed by atoms with Gasteiger partial charge in [-0.1, -0.05) is 12.1 Å². The summed E-state index contributed by atoms with van der Waals surface area (Å²) in [6.45, 7) is 2.33. The van der Waals surface area contributed by atoms with Gasteiger partial charge in [-0.3, -0.25) is 14.9 Å². The Hall–Kier alpha value is -2.69. The van der Waals surface area contributed by atoms with E-state index in [4.69, 9.17) is 9.47 Å². The normalized spacial score (nSPS) is 18.3. The van der Waals surface area contributed by atoms with Gasteiger partial charge in [0, 0.05) is 30.2 Å². The van der Waals surface area contributed by atoms with E-state index in [1.54, 1.807) is 18.2 Å². The summed E-state index contributed by atoms with van der Waals surface area (Å²) in [5.41, 5.74) is 7.29. The lowest BCUT2D eigenvalue weighted by Gasteiger charge is -2.15. The van der Waals surface area contributed by atoms with Crippen molar-refractivity contribution in [2.24, 2.45) is 0 Å². The maximum absolute atomic E-state index is 12.7. The number of benzene rings is 2. The van der Waals surface area contributed by atoms with E-state index in [1.165, 1.54) is 19.2 Å². The molecule has 0 radical (unpaired) electrons. The van der Waals surface area contributed by atoms with Gasteiger partial charge in [-0.25, -0.2) is 10.9 Å². The number of hydrazine groups is 1. The Kier molecular flexibility index (Phi) is 6.68. The van der Waals surface area contributed by atoms with Crippen LogP contribution in [0.4, 0.5) is 5.69 Å². The largest absolute Gasteiger partial charge is 0.493 e. The lowest BCUT2D eigenvalue weighted by atomic mass is 10.0. The number of methoxy groups -OCH3 is 1. The van der Waals surface area contributed by atoms with Gasteiger partial charge < -0.3 is 14.8 Å². The van der Waals surface area contributed by atoms with Crippen LogP contribution in [-0.2, 0) is 0 Å². The highest BCUT2D eigenvalue weighted by Gasteiger charge is 2.28. The van der Waals surface area contributed by atoms with Gasteiger partial charge in [-0.2, -0.15) is 0 Å². The minimum absolute atomic E-state index is 0.0307. The second-order valence-corrected chi connectivity index (χ2v) is 7.23. The number of hydrogen-bond acceptors (Lipinski definition) is 7. The van der Waals surface area contributed by atoms with Crippen molar-refractivity contribution >= 4 is 27.5 Å². The molecule has 1 aliphatic rings. The summed E-state index contributed by atoms with van der Waals surface area (Å²) in [6, 6.07) is 9.55. The molecule has 10 heteroatoms. The van der Waals surface area contributed by atoms with Crippen LogP contribution in [0.15, 0.2) is 40.9 Å². The summed E-state index contributed by atoms with van der Waals surface area (Å²) in [6.07, 6.45) is 0.186. The molecule has 2 unspecified atom stereocenters. The monoisotopic (exact) mass is 464 g/mol. The van der Waals surface area contributed by atoms with Gasteiger partial charge in [0.15, 0.2) is 11.5 Å². The van der Waals surface area contributed by atoms with Crippen LogP contribution < -0.4 is 25.6 Å². The van der Waals surface area contributed by atoms with Gasteiger partial charge in [-0.05, 0) is 40.5 Å². The van der Waals surface area contributed by atoms with Crippen molar-refractivity contribution in [2.75, 3.05) is 13.7 Å². The number of ether oxygens (including phenoxy) is 2. The maximum atomic E-state index is 12.7. The third-order valence-electron chi connectivity index (χ3n) is 4.47. The summed E-state index contributed by atoms with van der Waals surface area (Å²) in [5, 5.41) is 13.9. The molecule has 1 fully saturated rings. The molecule has 2 aromatic carbocycles. The predicted octanol–water partition coefficient (Wildman–Crippen LogP) is 3.06. The van der Waals surface area contributed by atoms with Crippen LogP contribution in [0.5, 0.6) is 11.5 Å². The molecule has 0 aliphatic carbocycles. The van der Waals surface area contributed by atoms with Gasteiger partial charge >= 0.3 is 0 Å². The molecule has 29 heavy (non-hydrogen) atoms. The molecule has 1 saturated heterocycles. The van der Waals surface area contributed by atoms with E-state index in [0.717, 1.165) is 5.56 Å². The molecule has 1 amide bonds. The molecule has 0 aromatic heterocycles. The van der Waals surface area contributed by atoms with Crippen LogP contribution in [0.25, 0.3) is 0 Å². The first-order valence-corrected chi connectivity index (χ1v) is 9.78. The number of nitro groups is 1.